The molecule has 1 heterocycles. The molecule has 2 nitrogen and oxygen atoms in total. The van der Waals surface area contributed by atoms with Gasteiger partial charge in [0, 0.05) is 6.42 Å². The van der Waals surface area contributed by atoms with Crippen LogP contribution in [0.1, 0.15) is 12.8 Å². The maximum Gasteiger partial charge on any atom is 0.226 e. The molecule has 2 aliphatic rings. The Hall–Kier alpha value is -0.150. The Morgan fingerprint density at radius 2 is 2.56 bits per heavy atom. The lowest BCUT2D eigenvalue weighted by Gasteiger charge is -2.02. The summed E-state index contributed by atoms with van der Waals surface area (Å²) in [7, 11) is 0. The van der Waals surface area contributed by atoms with Crippen LogP contribution in [0.15, 0.2) is 0 Å². The van der Waals surface area contributed by atoms with Crippen molar-refractivity contribution in [3.63, 3.8) is 0 Å². The minimum absolute atomic E-state index is 0.000000000000000444. The fourth-order valence-corrected chi connectivity index (χ4v) is 1.19. The molecule has 2 unspecified atom stereocenters. The molecule has 0 aromatic carbocycles. The summed E-state index contributed by atoms with van der Waals surface area (Å²) in [6.45, 7) is 1.47. The van der Waals surface area contributed by atoms with Gasteiger partial charge in [0.05, 0.1) is 12.6 Å². The van der Waals surface area contributed by atoms with Crippen molar-refractivity contribution < 1.29 is 9.13 Å². The lowest BCUT2D eigenvalue weighted by atomic mass is 10.4. The topological polar surface area (TPSA) is 21.3 Å². The van der Waals surface area contributed by atoms with Gasteiger partial charge in [0.25, 0.3) is 0 Å². The molecule has 0 bridgehead atoms. The fourth-order valence-electron chi connectivity index (χ4n) is 1.19. The smallest absolute Gasteiger partial charge is 0.226 e. The zero-order chi connectivity index (χ0) is 6.32. The molecule has 1 aliphatic heterocycles. The molecule has 1 aliphatic carbocycles. The van der Waals surface area contributed by atoms with Gasteiger partial charge in [-0.1, -0.05) is 0 Å². The van der Waals surface area contributed by atoms with E-state index in [-0.39, 0.29) is 6.04 Å². The quantitative estimate of drug-likeness (QED) is 0.515. The summed E-state index contributed by atoms with van der Waals surface area (Å²) in [5.74, 6) is -1.28. The van der Waals surface area contributed by atoms with Crippen molar-refractivity contribution in [2.24, 2.45) is 0 Å². The van der Waals surface area contributed by atoms with E-state index >= 15 is 0 Å². The van der Waals surface area contributed by atoms with E-state index in [1.165, 1.54) is 0 Å². The number of hydrogen-bond donors (Lipinski definition) is 1. The van der Waals surface area contributed by atoms with Gasteiger partial charge in [0.15, 0.2) is 0 Å². The van der Waals surface area contributed by atoms with E-state index < -0.39 is 5.85 Å². The van der Waals surface area contributed by atoms with E-state index in [9.17, 15) is 4.39 Å². The summed E-state index contributed by atoms with van der Waals surface area (Å²) < 4.78 is 17.9. The number of nitrogens with one attached hydrogen (secondary N) is 1. The Kier molecular flexibility index (Phi) is 1.04. The third kappa shape index (κ3) is 0.843. The highest BCUT2D eigenvalue weighted by Gasteiger charge is 2.57. The average Bonchev–Trinajstić information content (AvgIpc) is 2.40. The van der Waals surface area contributed by atoms with E-state index in [0.717, 1.165) is 13.0 Å². The molecule has 0 amide bonds. The summed E-state index contributed by atoms with van der Waals surface area (Å²) in [5, 5.41) is 3.06. The Labute approximate surface area is 53.4 Å². The van der Waals surface area contributed by atoms with E-state index in [2.05, 4.69) is 5.32 Å². The average molecular weight is 131 g/mol. The number of alkyl halides is 1. The van der Waals surface area contributed by atoms with Crippen molar-refractivity contribution in [3.05, 3.63) is 0 Å². The lowest BCUT2D eigenvalue weighted by Crippen LogP contribution is -2.22. The maximum absolute atomic E-state index is 12.9. The summed E-state index contributed by atoms with van der Waals surface area (Å²) >= 11 is 0. The first-order chi connectivity index (χ1) is 4.31. The summed E-state index contributed by atoms with van der Waals surface area (Å²) in [5.41, 5.74) is 0. The highest BCUT2D eigenvalue weighted by atomic mass is 19.2. The van der Waals surface area contributed by atoms with Gasteiger partial charge in [-0.2, -0.15) is 0 Å². The SMILES string of the molecule is FC12CC1NCCCO2. The molecule has 1 saturated heterocycles. The van der Waals surface area contributed by atoms with Gasteiger partial charge in [-0.05, 0) is 13.0 Å². The Balaban J connectivity index is 2.00. The van der Waals surface area contributed by atoms with Crippen LogP contribution in [-0.4, -0.2) is 25.0 Å². The zero-order valence-electron chi connectivity index (χ0n) is 5.19. The minimum Gasteiger partial charge on any atom is -0.344 e. The Bertz CT molecular complexity index is 130. The van der Waals surface area contributed by atoms with Gasteiger partial charge >= 0.3 is 0 Å². The predicted molar refractivity (Wildman–Crippen MR) is 30.8 cm³/mol. The number of hydrogen-bond acceptors (Lipinski definition) is 2. The molecule has 0 aromatic heterocycles. The molecule has 1 N–H and O–H groups in total. The Morgan fingerprint density at radius 3 is 3.44 bits per heavy atom. The summed E-state index contributed by atoms with van der Waals surface area (Å²) in [6, 6.07) is -0.000000000000000444. The van der Waals surface area contributed by atoms with Gasteiger partial charge < -0.3 is 10.1 Å². The predicted octanol–water partition coefficient (Wildman–Crippen LogP) is 0.434. The lowest BCUT2D eigenvalue weighted by molar-refractivity contribution is -0.0624. The molecule has 0 radical (unpaired) electrons. The minimum atomic E-state index is -1.28. The number of ether oxygens (including phenoxy) is 1. The van der Waals surface area contributed by atoms with E-state index in [4.69, 9.17) is 4.74 Å². The van der Waals surface area contributed by atoms with E-state index in [1.807, 2.05) is 0 Å². The fraction of sp³-hybridized carbons (Fsp3) is 1.00. The first-order valence-corrected chi connectivity index (χ1v) is 3.37. The van der Waals surface area contributed by atoms with Crippen molar-refractivity contribution in [2.75, 3.05) is 13.2 Å². The number of halogens is 1. The van der Waals surface area contributed by atoms with E-state index in [0.29, 0.717) is 13.0 Å². The monoisotopic (exact) mass is 131 g/mol. The first-order valence-electron chi connectivity index (χ1n) is 3.37. The van der Waals surface area contributed by atoms with Crippen molar-refractivity contribution in [2.45, 2.75) is 24.7 Å². The molecule has 2 rings (SSSR count). The van der Waals surface area contributed by atoms with Crippen LogP contribution in [-0.2, 0) is 4.74 Å². The second kappa shape index (κ2) is 1.67. The summed E-state index contributed by atoms with van der Waals surface area (Å²) in [6.07, 6.45) is 1.48. The Morgan fingerprint density at radius 1 is 1.67 bits per heavy atom. The zero-order valence-corrected chi connectivity index (χ0v) is 5.19. The normalized spacial score (nSPS) is 49.7. The molecule has 0 spiro atoms. The number of rotatable bonds is 0. The third-order valence-corrected chi connectivity index (χ3v) is 1.90. The van der Waals surface area contributed by atoms with Crippen LogP contribution in [0.3, 0.4) is 0 Å². The van der Waals surface area contributed by atoms with Gasteiger partial charge in [0.1, 0.15) is 0 Å². The summed E-state index contributed by atoms with van der Waals surface area (Å²) in [4.78, 5) is 0. The van der Waals surface area contributed by atoms with Crippen LogP contribution in [0, 0.1) is 0 Å². The maximum atomic E-state index is 12.9. The highest BCUT2D eigenvalue weighted by Crippen LogP contribution is 2.42. The highest BCUT2D eigenvalue weighted by molar-refractivity contribution is 5.03. The van der Waals surface area contributed by atoms with E-state index in [1.54, 1.807) is 0 Å². The third-order valence-electron chi connectivity index (χ3n) is 1.90. The molecule has 3 heteroatoms. The van der Waals surface area contributed by atoms with Gasteiger partial charge in [-0.25, -0.2) is 4.39 Å². The molecular formula is C6H10FNO. The van der Waals surface area contributed by atoms with Crippen LogP contribution in [0.25, 0.3) is 0 Å². The molecule has 1 saturated carbocycles. The van der Waals surface area contributed by atoms with Crippen LogP contribution in [0.5, 0.6) is 0 Å². The molecule has 2 fully saturated rings. The second-order valence-electron chi connectivity index (χ2n) is 2.70. The second-order valence-corrected chi connectivity index (χ2v) is 2.70. The standard InChI is InChI=1S/C6H10FNO/c7-6-4-5(6)8-2-1-3-9-6/h5,8H,1-4H2. The molecule has 52 valence electrons. The largest absolute Gasteiger partial charge is 0.344 e. The molecule has 2 atom stereocenters. The van der Waals surface area contributed by atoms with Gasteiger partial charge in [-0.15, -0.1) is 0 Å². The first kappa shape index (κ1) is 5.62. The van der Waals surface area contributed by atoms with Crippen LogP contribution in [0.4, 0.5) is 4.39 Å². The molecule has 0 aromatic rings. The molecular weight excluding hydrogens is 121 g/mol. The van der Waals surface area contributed by atoms with Crippen LogP contribution >= 0.6 is 0 Å². The van der Waals surface area contributed by atoms with Crippen molar-refractivity contribution >= 4 is 0 Å². The van der Waals surface area contributed by atoms with Gasteiger partial charge in [-0.3, -0.25) is 0 Å². The van der Waals surface area contributed by atoms with Crippen LogP contribution in [0.2, 0.25) is 0 Å². The number of fused-ring (bicyclic) bond motifs is 1. The van der Waals surface area contributed by atoms with Crippen molar-refractivity contribution in [3.8, 4) is 0 Å². The van der Waals surface area contributed by atoms with Crippen LogP contribution < -0.4 is 5.32 Å². The van der Waals surface area contributed by atoms with Gasteiger partial charge in [0.2, 0.25) is 5.85 Å². The molecule has 9 heavy (non-hydrogen) atoms. The van der Waals surface area contributed by atoms with Crippen molar-refractivity contribution in [1.29, 1.82) is 0 Å². The van der Waals surface area contributed by atoms with Crippen molar-refractivity contribution in [1.82, 2.24) is 5.32 Å².